The Morgan fingerprint density at radius 2 is 2.06 bits per heavy atom. The highest BCUT2D eigenvalue weighted by Crippen LogP contribution is 2.31. The molecule has 96 valence electrons. The first-order chi connectivity index (χ1) is 7.82. The van der Waals surface area contributed by atoms with Gasteiger partial charge in [-0.15, -0.1) is 0 Å². The number of hydrogen-bond donors (Lipinski definition) is 1. The predicted molar refractivity (Wildman–Crippen MR) is 67.3 cm³/mol. The lowest BCUT2D eigenvalue weighted by Crippen LogP contribution is -2.31. The summed E-state index contributed by atoms with van der Waals surface area (Å²) in [5, 5.41) is 18.5. The summed E-state index contributed by atoms with van der Waals surface area (Å²) in [7, 11) is 0. The molecular weight excluding hydrogens is 220 g/mol. The number of nitrogens with one attached hydrogen (secondary N) is 1. The van der Waals surface area contributed by atoms with Crippen molar-refractivity contribution in [3.63, 3.8) is 0 Å². The Morgan fingerprint density at radius 3 is 2.47 bits per heavy atom. The highest BCUT2D eigenvalue weighted by atomic mass is 16.6. The molecule has 6 heteroatoms. The van der Waals surface area contributed by atoms with Gasteiger partial charge in [0.1, 0.15) is 5.69 Å². The number of anilines is 1. The van der Waals surface area contributed by atoms with Crippen LogP contribution in [0.1, 0.15) is 39.8 Å². The summed E-state index contributed by atoms with van der Waals surface area (Å²) in [6.45, 7) is 10.3. The van der Waals surface area contributed by atoms with Gasteiger partial charge in [0.2, 0.25) is 5.82 Å². The van der Waals surface area contributed by atoms with Crippen LogP contribution in [0.15, 0.2) is 0 Å². The fraction of sp³-hybridized carbons (Fsp3) is 0.727. The number of hydrogen-bond acceptors (Lipinski definition) is 4. The third-order valence-corrected chi connectivity index (χ3v) is 2.92. The van der Waals surface area contributed by atoms with Crippen molar-refractivity contribution in [2.24, 2.45) is 0 Å². The van der Waals surface area contributed by atoms with Crippen LogP contribution in [0.4, 0.5) is 11.5 Å². The molecule has 0 saturated carbocycles. The molecule has 1 rings (SSSR count). The zero-order chi connectivity index (χ0) is 13.2. The monoisotopic (exact) mass is 240 g/mol. The number of aryl methyl sites for hydroxylation is 2. The minimum Gasteiger partial charge on any atom is -0.360 e. The second kappa shape index (κ2) is 4.73. The molecule has 0 atom stereocenters. The van der Waals surface area contributed by atoms with Gasteiger partial charge in [-0.05, 0) is 34.1 Å². The highest BCUT2D eigenvalue weighted by molar-refractivity contribution is 5.60. The van der Waals surface area contributed by atoms with Gasteiger partial charge >= 0.3 is 5.69 Å². The molecule has 0 spiro atoms. The lowest BCUT2D eigenvalue weighted by atomic mass is 10.0. The van der Waals surface area contributed by atoms with Gasteiger partial charge in [-0.3, -0.25) is 10.1 Å². The fourth-order valence-electron chi connectivity index (χ4n) is 1.55. The summed E-state index contributed by atoms with van der Waals surface area (Å²) >= 11 is 0. The first-order valence-electron chi connectivity index (χ1n) is 5.82. The van der Waals surface area contributed by atoms with Crippen LogP contribution in [0.5, 0.6) is 0 Å². The van der Waals surface area contributed by atoms with Crippen molar-refractivity contribution in [3.05, 3.63) is 15.8 Å². The molecule has 0 aliphatic heterocycles. The van der Waals surface area contributed by atoms with Crippen molar-refractivity contribution in [1.82, 2.24) is 9.78 Å². The van der Waals surface area contributed by atoms with Crippen molar-refractivity contribution in [2.75, 3.05) is 5.32 Å². The summed E-state index contributed by atoms with van der Waals surface area (Å²) < 4.78 is 1.64. The van der Waals surface area contributed by atoms with Crippen LogP contribution >= 0.6 is 0 Å². The average molecular weight is 240 g/mol. The maximum atomic E-state index is 11.1. The molecule has 0 unspecified atom stereocenters. The van der Waals surface area contributed by atoms with E-state index in [4.69, 9.17) is 0 Å². The van der Waals surface area contributed by atoms with Gasteiger partial charge < -0.3 is 5.32 Å². The molecule has 1 aromatic rings. The lowest BCUT2D eigenvalue weighted by Gasteiger charge is -2.25. The van der Waals surface area contributed by atoms with E-state index in [1.807, 2.05) is 27.7 Å². The number of nitrogens with zero attached hydrogens (tertiary/aromatic N) is 3. The summed E-state index contributed by atoms with van der Waals surface area (Å²) in [5.41, 5.74) is 0.337. The minimum absolute atomic E-state index is 0.0772. The van der Waals surface area contributed by atoms with Gasteiger partial charge in [-0.1, -0.05) is 6.92 Å². The Labute approximate surface area is 101 Å². The van der Waals surface area contributed by atoms with Crippen LogP contribution < -0.4 is 5.32 Å². The van der Waals surface area contributed by atoms with Crippen molar-refractivity contribution >= 4 is 11.5 Å². The molecule has 0 aliphatic rings. The van der Waals surface area contributed by atoms with Gasteiger partial charge in [0, 0.05) is 12.1 Å². The summed E-state index contributed by atoms with van der Waals surface area (Å²) in [6.07, 6.45) is 0.873. The Morgan fingerprint density at radius 1 is 1.47 bits per heavy atom. The van der Waals surface area contributed by atoms with E-state index in [2.05, 4.69) is 10.4 Å². The molecule has 0 aromatic carbocycles. The first kappa shape index (κ1) is 13.5. The Kier molecular flexibility index (Phi) is 3.75. The smallest absolute Gasteiger partial charge is 0.333 e. The van der Waals surface area contributed by atoms with Gasteiger partial charge in [-0.25, -0.2) is 4.68 Å². The molecule has 17 heavy (non-hydrogen) atoms. The fourth-order valence-corrected chi connectivity index (χ4v) is 1.55. The SMILES string of the molecule is CCn1nc(C)c([N+](=O)[O-])c1NC(C)(C)CC. The second-order valence-corrected chi connectivity index (χ2v) is 4.72. The zero-order valence-corrected chi connectivity index (χ0v) is 11.1. The molecule has 1 N–H and O–H groups in total. The van der Waals surface area contributed by atoms with E-state index < -0.39 is 0 Å². The van der Waals surface area contributed by atoms with E-state index >= 15 is 0 Å². The normalized spacial score (nSPS) is 11.6. The van der Waals surface area contributed by atoms with Crippen molar-refractivity contribution in [3.8, 4) is 0 Å². The lowest BCUT2D eigenvalue weighted by molar-refractivity contribution is -0.384. The Hall–Kier alpha value is -1.59. The number of aromatic nitrogens is 2. The zero-order valence-electron chi connectivity index (χ0n) is 11.1. The summed E-state index contributed by atoms with van der Waals surface area (Å²) in [4.78, 5) is 10.7. The van der Waals surface area contributed by atoms with Crippen molar-refractivity contribution in [1.29, 1.82) is 0 Å². The highest BCUT2D eigenvalue weighted by Gasteiger charge is 2.28. The second-order valence-electron chi connectivity index (χ2n) is 4.72. The van der Waals surface area contributed by atoms with E-state index in [0.717, 1.165) is 6.42 Å². The molecule has 0 aliphatic carbocycles. The Bertz CT molecular complexity index is 423. The topological polar surface area (TPSA) is 73.0 Å². The van der Waals surface area contributed by atoms with E-state index in [9.17, 15) is 10.1 Å². The largest absolute Gasteiger partial charge is 0.360 e. The van der Waals surface area contributed by atoms with Crippen LogP contribution in [-0.2, 0) is 6.54 Å². The van der Waals surface area contributed by atoms with Crippen LogP contribution in [0.25, 0.3) is 0 Å². The molecular formula is C11H20N4O2. The molecule has 0 bridgehead atoms. The van der Waals surface area contributed by atoms with Gasteiger partial charge in [0.25, 0.3) is 0 Å². The molecule has 0 fully saturated rings. The molecule has 1 heterocycles. The standard InChI is InChI=1S/C11H20N4O2/c1-6-11(4,5)12-10-9(15(16)17)8(3)13-14(10)7-2/h12H,6-7H2,1-5H3. The van der Waals surface area contributed by atoms with E-state index in [1.165, 1.54) is 0 Å². The average Bonchev–Trinajstić information content (AvgIpc) is 2.54. The third-order valence-electron chi connectivity index (χ3n) is 2.92. The number of nitro groups is 1. The Balaban J connectivity index is 3.24. The number of rotatable bonds is 5. The molecule has 6 nitrogen and oxygen atoms in total. The predicted octanol–water partition coefficient (Wildman–Crippen LogP) is 2.72. The molecule has 1 aromatic heterocycles. The first-order valence-corrected chi connectivity index (χ1v) is 5.82. The van der Waals surface area contributed by atoms with Crippen molar-refractivity contribution < 1.29 is 4.92 Å². The molecule has 0 amide bonds. The third kappa shape index (κ3) is 2.75. The van der Waals surface area contributed by atoms with Gasteiger partial charge in [0.05, 0.1) is 4.92 Å². The van der Waals surface area contributed by atoms with Crippen molar-refractivity contribution in [2.45, 2.75) is 53.1 Å². The van der Waals surface area contributed by atoms with Crippen LogP contribution in [-0.4, -0.2) is 20.2 Å². The summed E-state index contributed by atoms with van der Waals surface area (Å²) in [5.74, 6) is 0.502. The van der Waals surface area contributed by atoms with Crippen LogP contribution in [0.3, 0.4) is 0 Å². The van der Waals surface area contributed by atoms with E-state index in [1.54, 1.807) is 11.6 Å². The quantitative estimate of drug-likeness (QED) is 0.634. The molecule has 0 saturated heterocycles. The summed E-state index contributed by atoms with van der Waals surface area (Å²) in [6, 6.07) is 0. The van der Waals surface area contributed by atoms with E-state index in [0.29, 0.717) is 18.1 Å². The van der Waals surface area contributed by atoms with Crippen LogP contribution in [0, 0.1) is 17.0 Å². The van der Waals surface area contributed by atoms with Gasteiger partial charge in [0.15, 0.2) is 0 Å². The minimum atomic E-state index is -0.372. The van der Waals surface area contributed by atoms with Crippen LogP contribution in [0.2, 0.25) is 0 Å². The van der Waals surface area contributed by atoms with E-state index in [-0.39, 0.29) is 16.1 Å². The molecule has 0 radical (unpaired) electrons. The van der Waals surface area contributed by atoms with Gasteiger partial charge in [-0.2, -0.15) is 5.10 Å². The maximum Gasteiger partial charge on any atom is 0.333 e. The maximum absolute atomic E-state index is 11.1.